The van der Waals surface area contributed by atoms with Crippen LogP contribution in [0.25, 0.3) is 0 Å². The third-order valence-corrected chi connectivity index (χ3v) is 27.8. The molecule has 15 rings (SSSR count). The average Bonchev–Trinajstić information content (AvgIpc) is 1.57. The zero-order valence-electron chi connectivity index (χ0n) is 69.5. The van der Waals surface area contributed by atoms with E-state index >= 15 is 4.39 Å². The number of nitrogens with one attached hydrogen (secondary N) is 1. The maximum atomic E-state index is 15.3. The number of rotatable bonds is 11. The Hall–Kier alpha value is -8.37. The molecular formula is C93H118F5N9O7. The van der Waals surface area contributed by atoms with Crippen molar-refractivity contribution in [2.75, 3.05) is 104 Å². The zero-order valence-corrected chi connectivity index (χ0v) is 69.5. The van der Waals surface area contributed by atoms with Crippen molar-refractivity contribution in [3.05, 3.63) is 200 Å². The van der Waals surface area contributed by atoms with Crippen molar-refractivity contribution in [1.29, 1.82) is 0 Å². The number of ether oxygens (including phenoxy) is 1. The summed E-state index contributed by atoms with van der Waals surface area (Å²) in [5, 5.41) is 2.82. The molecule has 6 aromatic rings. The number of hydrogen-bond donors (Lipinski definition) is 2. The number of likely N-dealkylation sites (tertiary alicyclic amines) is 6. The van der Waals surface area contributed by atoms with Crippen LogP contribution in [-0.2, 0) is 45.0 Å². The predicted molar refractivity (Wildman–Crippen MR) is 435 cm³/mol. The van der Waals surface area contributed by atoms with Crippen molar-refractivity contribution in [2.45, 2.75) is 210 Å². The van der Waals surface area contributed by atoms with Crippen molar-refractivity contribution in [3.63, 3.8) is 0 Å². The normalized spacial score (nSPS) is 24.5. The van der Waals surface area contributed by atoms with Crippen LogP contribution in [0, 0.1) is 60.7 Å². The lowest BCUT2D eigenvalue weighted by atomic mass is 9.72. The maximum Gasteiger partial charge on any atom is 0.238 e. The molecule has 612 valence electrons. The Bertz CT molecular complexity index is 4450. The molecule has 7 heterocycles. The van der Waals surface area contributed by atoms with E-state index in [4.69, 9.17) is 10.5 Å². The summed E-state index contributed by atoms with van der Waals surface area (Å²) in [6, 6.07) is 33.2. The maximum absolute atomic E-state index is 15.3. The summed E-state index contributed by atoms with van der Waals surface area (Å²) in [5.41, 5.74) is 15.0. The molecule has 8 atom stereocenters. The fourth-order valence-electron chi connectivity index (χ4n) is 20.8. The van der Waals surface area contributed by atoms with Crippen molar-refractivity contribution in [1.82, 2.24) is 34.7 Å². The summed E-state index contributed by atoms with van der Waals surface area (Å²) < 4.78 is 77.5. The number of methoxy groups -OCH3 is 1. The average molecular weight is 1570 g/mol. The van der Waals surface area contributed by atoms with E-state index in [0.717, 1.165) is 73.0 Å². The SMILES string of the molecule is CC(C)(C)N1C[C@@H](C(=O)N2CCC3(CC2)CC(C(=O)CN)c2ccccc23)[C@H](c2ccc(F)cc2F)C1.CNC(=O)[C@@H]1CC2(CCN(C(=O)[C@@H]3CN(C(C)(C)C)CC3c3ccc(F)cc3F)CC2)c2ccccc21.COc1ccc(C2CN(C(C)(C)C)C[C@H]2C(=O)N2CCC3(CC2)C(=O)N(C(C)C)c2cc(C)c(C)cc23)c(F)c1. The van der Waals surface area contributed by atoms with Crippen molar-refractivity contribution in [2.24, 2.45) is 23.5 Å². The van der Waals surface area contributed by atoms with Gasteiger partial charge in [0.25, 0.3) is 0 Å². The molecular weight excluding hydrogens is 1450 g/mol. The molecule has 6 saturated heterocycles. The number of Topliss-reactive ketones (excluding diaryl/α,β-unsaturated/α-hetero) is 1. The molecule has 0 saturated carbocycles. The van der Waals surface area contributed by atoms with Gasteiger partial charge in [-0.3, -0.25) is 43.5 Å². The highest BCUT2D eigenvalue weighted by molar-refractivity contribution is 6.09. The molecule has 114 heavy (non-hydrogen) atoms. The number of fused-ring (bicyclic) bond motifs is 6. The van der Waals surface area contributed by atoms with E-state index in [0.29, 0.717) is 114 Å². The number of amides is 5. The molecule has 3 spiro atoms. The summed E-state index contributed by atoms with van der Waals surface area (Å²) >= 11 is 0. The first-order valence-electron chi connectivity index (χ1n) is 41.3. The highest BCUT2D eigenvalue weighted by Crippen LogP contribution is 2.56. The Kier molecular flexibility index (Phi) is 23.6. The van der Waals surface area contributed by atoms with Crippen molar-refractivity contribution >= 4 is 41.0 Å². The Balaban J connectivity index is 0.000000149. The molecule has 0 aromatic heterocycles. The van der Waals surface area contributed by atoms with Gasteiger partial charge in [-0.15, -0.1) is 0 Å². The number of aryl methyl sites for hydroxylation is 2. The Morgan fingerprint density at radius 1 is 0.491 bits per heavy atom. The highest BCUT2D eigenvalue weighted by Gasteiger charge is 2.57. The first kappa shape index (κ1) is 83.6. The van der Waals surface area contributed by atoms with Gasteiger partial charge >= 0.3 is 0 Å². The monoisotopic (exact) mass is 1570 g/mol. The Morgan fingerprint density at radius 2 is 0.868 bits per heavy atom. The molecule has 0 bridgehead atoms. The zero-order chi connectivity index (χ0) is 82.2. The van der Waals surface area contributed by atoms with E-state index < -0.39 is 34.6 Å². The quantitative estimate of drug-likeness (QED) is 0.118. The van der Waals surface area contributed by atoms with Crippen LogP contribution in [0.4, 0.5) is 27.6 Å². The standard InChI is InChI=1S/C33H44FN3O3.2C30H37F2N3O2/c1-20(2)37-29-16-22(4)21(3)15-27(29)33(31(37)39)11-13-35(14-12-33)30(38)26-19-36(32(5,6)7)18-25(26)24-10-9-23(40-8)17-28(24)34;1-29(2,3)35-17-23(21-10-9-19(31)15-26(21)32)24(18-35)28(37)34-13-11-30(12-14-34)16-22(27(36)33-4)20-7-5-6-8-25(20)30;1-29(2,3)35-17-23(21-9-8-19(31)14-26(21)32)24(18-35)28(37)34-12-10-30(11-13-34)15-22(27(36)16-33)20-6-4-5-7-25(20)30/h9-10,15-17,20,25-26H,11-14,18-19H2,1-8H3;5-10,15,22-24H,11-14,16-18H2,1-4H3,(H,33,36);4-9,14,22-24H,10-13,15-18,33H2,1-3H3/t25?,26-;22-,23?,24-;22?,23-,24+/m110/s1. The van der Waals surface area contributed by atoms with E-state index in [-0.39, 0.29) is 123 Å². The third kappa shape index (κ3) is 15.8. The van der Waals surface area contributed by atoms with E-state index in [9.17, 15) is 46.3 Å². The summed E-state index contributed by atoms with van der Waals surface area (Å²) in [6.07, 6.45) is 5.89. The van der Waals surface area contributed by atoms with Crippen LogP contribution in [0.1, 0.15) is 213 Å². The number of hydrogen-bond acceptors (Lipinski definition) is 11. The number of carbonyl (C=O) groups is 6. The fourth-order valence-corrected chi connectivity index (χ4v) is 20.8. The van der Waals surface area contributed by atoms with Gasteiger partial charge in [-0.25, -0.2) is 22.0 Å². The number of halogens is 5. The van der Waals surface area contributed by atoms with E-state index in [1.807, 2.05) is 49.9 Å². The minimum absolute atomic E-state index is 0.0347. The molecule has 2 aliphatic carbocycles. The lowest BCUT2D eigenvalue weighted by molar-refractivity contribution is -0.139. The minimum Gasteiger partial charge on any atom is -0.497 e. The number of nitrogens with zero attached hydrogens (tertiary/aromatic N) is 7. The fraction of sp³-hybridized carbons (Fsp3) is 0.548. The van der Waals surface area contributed by atoms with Gasteiger partial charge in [0.2, 0.25) is 29.5 Å². The van der Waals surface area contributed by atoms with E-state index in [1.165, 1.54) is 59.7 Å². The smallest absolute Gasteiger partial charge is 0.238 e. The third-order valence-electron chi connectivity index (χ3n) is 27.8. The van der Waals surface area contributed by atoms with Gasteiger partial charge < -0.3 is 35.4 Å². The lowest BCUT2D eigenvalue weighted by Gasteiger charge is -2.41. The molecule has 3 unspecified atom stereocenters. The molecule has 0 radical (unpaired) electrons. The molecule has 5 amide bonds. The Morgan fingerprint density at radius 3 is 1.25 bits per heavy atom. The van der Waals surface area contributed by atoms with Crippen LogP contribution in [-0.4, -0.2) is 187 Å². The van der Waals surface area contributed by atoms with Gasteiger partial charge in [0.1, 0.15) is 34.8 Å². The topological polar surface area (TPSA) is 172 Å². The van der Waals surface area contributed by atoms with Crippen molar-refractivity contribution < 1.29 is 55.5 Å². The number of likely N-dealkylation sites (N-methyl/N-ethyl adjacent to an activating group) is 1. The molecule has 21 heteroatoms. The second kappa shape index (κ2) is 32.3. The number of benzene rings is 6. The second-order valence-corrected chi connectivity index (χ2v) is 37.4. The molecule has 16 nitrogen and oxygen atoms in total. The van der Waals surface area contributed by atoms with Gasteiger partial charge in [-0.05, 0) is 227 Å². The number of nitrogens with two attached hydrogens (primary N) is 1. The van der Waals surface area contributed by atoms with E-state index in [2.05, 4.69) is 140 Å². The largest absolute Gasteiger partial charge is 0.497 e. The first-order chi connectivity index (χ1) is 53.9. The number of carbonyl (C=O) groups excluding carboxylic acids is 6. The summed E-state index contributed by atoms with van der Waals surface area (Å²) in [7, 11) is 3.21. The summed E-state index contributed by atoms with van der Waals surface area (Å²) in [4.78, 5) is 95.8. The Labute approximate surface area is 671 Å². The molecule has 9 aliphatic rings. The van der Waals surface area contributed by atoms with Gasteiger partial charge in [-0.1, -0.05) is 72.8 Å². The highest BCUT2D eigenvalue weighted by atomic mass is 19.1. The second-order valence-electron chi connectivity index (χ2n) is 37.4. The van der Waals surface area contributed by atoms with Gasteiger partial charge in [0, 0.05) is 161 Å². The molecule has 7 aliphatic heterocycles. The number of anilines is 1. The van der Waals surface area contributed by atoms with Gasteiger partial charge in [-0.2, -0.15) is 0 Å². The van der Waals surface area contributed by atoms with Gasteiger partial charge in [0.05, 0.1) is 42.7 Å². The van der Waals surface area contributed by atoms with Crippen LogP contribution in [0.15, 0.2) is 115 Å². The first-order valence-corrected chi connectivity index (χ1v) is 41.3. The van der Waals surface area contributed by atoms with Gasteiger partial charge in [0.15, 0.2) is 5.78 Å². The van der Waals surface area contributed by atoms with Crippen LogP contribution in [0.2, 0.25) is 0 Å². The molecule has 6 aromatic carbocycles. The van der Waals surface area contributed by atoms with Crippen LogP contribution in [0.3, 0.4) is 0 Å². The minimum atomic E-state index is -0.612. The lowest BCUT2D eigenvalue weighted by Crippen LogP contribution is -2.52. The number of ketones is 1. The molecule has 6 fully saturated rings. The number of piperidine rings is 3. The molecule has 3 N–H and O–H groups in total. The predicted octanol–water partition coefficient (Wildman–Crippen LogP) is 14.5. The summed E-state index contributed by atoms with van der Waals surface area (Å²) in [6.45, 7) is 34.2. The summed E-state index contributed by atoms with van der Waals surface area (Å²) in [5.74, 6) is -4.20. The van der Waals surface area contributed by atoms with Crippen LogP contribution < -0.4 is 20.7 Å². The van der Waals surface area contributed by atoms with E-state index in [1.54, 1.807) is 19.2 Å². The van der Waals surface area contributed by atoms with Crippen molar-refractivity contribution in [3.8, 4) is 5.75 Å². The van der Waals surface area contributed by atoms with Crippen LogP contribution >= 0.6 is 0 Å². The van der Waals surface area contributed by atoms with Crippen LogP contribution in [0.5, 0.6) is 5.75 Å².